The molecule has 2 N–H and O–H groups in total. The number of rotatable bonds is 4. The normalized spacial score (nSPS) is 20.7. The molecular formula is C28H27FN4O2. The van der Waals surface area contributed by atoms with Gasteiger partial charge in [0.2, 0.25) is 0 Å². The van der Waals surface area contributed by atoms with Crippen molar-refractivity contribution in [1.29, 1.82) is 0 Å². The van der Waals surface area contributed by atoms with Gasteiger partial charge in [-0.2, -0.15) is 0 Å². The van der Waals surface area contributed by atoms with Crippen molar-refractivity contribution in [2.24, 2.45) is 16.6 Å². The van der Waals surface area contributed by atoms with Crippen molar-refractivity contribution in [3.63, 3.8) is 0 Å². The number of aliphatic imine (C=N–C) groups is 1. The van der Waals surface area contributed by atoms with Crippen LogP contribution in [0, 0.1) is 11.7 Å². The topological polar surface area (TPSA) is 79.0 Å². The second kappa shape index (κ2) is 8.98. The molecular weight excluding hydrogens is 443 g/mol. The second-order valence-corrected chi connectivity index (χ2v) is 9.12. The molecule has 1 fully saturated rings. The molecule has 7 heteroatoms. The smallest absolute Gasteiger partial charge is 0.261 e. The molecule has 5 rings (SSSR count). The van der Waals surface area contributed by atoms with Gasteiger partial charge in [0.1, 0.15) is 5.82 Å². The number of piperidine rings is 1. The summed E-state index contributed by atoms with van der Waals surface area (Å²) in [7, 11) is 1.63. The highest BCUT2D eigenvalue weighted by Crippen LogP contribution is 2.45. The summed E-state index contributed by atoms with van der Waals surface area (Å²) in [5.74, 6) is -0.477. The Morgan fingerprint density at radius 3 is 2.26 bits per heavy atom. The van der Waals surface area contributed by atoms with E-state index in [2.05, 4.69) is 0 Å². The molecule has 0 aromatic heterocycles. The number of guanidine groups is 1. The fraction of sp³-hybridized carbons (Fsp3) is 0.250. The summed E-state index contributed by atoms with van der Waals surface area (Å²) in [5, 5.41) is 0. The van der Waals surface area contributed by atoms with Gasteiger partial charge in [-0.05, 0) is 59.9 Å². The molecule has 2 amide bonds. The first-order valence-corrected chi connectivity index (χ1v) is 11.7. The monoisotopic (exact) mass is 470 g/mol. The minimum Gasteiger partial charge on any atom is -0.369 e. The Morgan fingerprint density at radius 1 is 0.971 bits per heavy atom. The lowest BCUT2D eigenvalue weighted by atomic mass is 9.72. The van der Waals surface area contributed by atoms with Crippen LogP contribution in [0.5, 0.6) is 0 Å². The number of likely N-dealkylation sites (tertiary alicyclic amines) is 1. The van der Waals surface area contributed by atoms with E-state index >= 15 is 0 Å². The van der Waals surface area contributed by atoms with Gasteiger partial charge >= 0.3 is 0 Å². The fourth-order valence-corrected chi connectivity index (χ4v) is 5.22. The molecule has 1 unspecified atom stereocenters. The fourth-order valence-electron chi connectivity index (χ4n) is 5.22. The van der Waals surface area contributed by atoms with E-state index in [4.69, 9.17) is 10.7 Å². The van der Waals surface area contributed by atoms with Gasteiger partial charge in [0.15, 0.2) is 11.5 Å². The minimum atomic E-state index is -1.18. The Hall–Kier alpha value is -4.00. The summed E-state index contributed by atoms with van der Waals surface area (Å²) < 4.78 is 13.9. The van der Waals surface area contributed by atoms with E-state index in [0.29, 0.717) is 31.5 Å². The van der Waals surface area contributed by atoms with E-state index < -0.39 is 5.54 Å². The number of hydrogen-bond donors (Lipinski definition) is 1. The lowest BCUT2D eigenvalue weighted by Gasteiger charge is -2.40. The van der Waals surface area contributed by atoms with Crippen molar-refractivity contribution in [2.75, 3.05) is 20.1 Å². The Balaban J connectivity index is 1.48. The van der Waals surface area contributed by atoms with Crippen molar-refractivity contribution in [3.8, 4) is 11.1 Å². The molecule has 3 aromatic carbocycles. The molecule has 1 atom stereocenters. The molecule has 2 heterocycles. The number of amides is 2. The predicted molar refractivity (Wildman–Crippen MR) is 133 cm³/mol. The molecule has 3 aromatic rings. The molecule has 35 heavy (non-hydrogen) atoms. The summed E-state index contributed by atoms with van der Waals surface area (Å²) in [5.41, 5.74) is 7.88. The van der Waals surface area contributed by atoms with Gasteiger partial charge in [-0.15, -0.1) is 0 Å². The zero-order valence-corrected chi connectivity index (χ0v) is 19.5. The van der Waals surface area contributed by atoms with Gasteiger partial charge in [-0.25, -0.2) is 9.38 Å². The number of carbonyl (C=O) groups is 2. The molecule has 178 valence electrons. The first-order chi connectivity index (χ1) is 16.9. The van der Waals surface area contributed by atoms with Gasteiger partial charge in [0.25, 0.3) is 11.8 Å². The van der Waals surface area contributed by atoms with Crippen LogP contribution in [0.4, 0.5) is 4.39 Å². The third-order valence-corrected chi connectivity index (χ3v) is 7.12. The van der Waals surface area contributed by atoms with Gasteiger partial charge in [-0.3, -0.25) is 14.5 Å². The maximum Gasteiger partial charge on any atom is 0.261 e. The number of nitrogens with two attached hydrogens (primary N) is 1. The molecule has 1 saturated heterocycles. The number of hydrogen-bond acceptors (Lipinski definition) is 4. The van der Waals surface area contributed by atoms with E-state index in [1.165, 1.54) is 17.0 Å². The highest BCUT2D eigenvalue weighted by atomic mass is 19.1. The van der Waals surface area contributed by atoms with Crippen LogP contribution in [0.3, 0.4) is 0 Å². The van der Waals surface area contributed by atoms with Gasteiger partial charge in [0, 0.05) is 31.6 Å². The number of carbonyl (C=O) groups excluding carboxylic acids is 2. The zero-order valence-electron chi connectivity index (χ0n) is 19.5. The zero-order chi connectivity index (χ0) is 24.6. The molecule has 2 aliphatic rings. The van der Waals surface area contributed by atoms with Crippen molar-refractivity contribution < 1.29 is 14.0 Å². The lowest BCUT2D eigenvalue weighted by Crippen LogP contribution is -2.49. The highest BCUT2D eigenvalue weighted by Gasteiger charge is 2.54. The van der Waals surface area contributed by atoms with E-state index in [1.807, 2.05) is 65.6 Å². The van der Waals surface area contributed by atoms with Crippen LogP contribution >= 0.6 is 0 Å². The van der Waals surface area contributed by atoms with E-state index in [0.717, 1.165) is 16.7 Å². The van der Waals surface area contributed by atoms with Gasteiger partial charge in [0.05, 0.1) is 0 Å². The standard InChI is InChI=1S/C28H27FN4O2/c1-32-26(35)28(31-27(32)30,23-11-5-9-20(17-23)21-10-6-12-24(29)18-21)22-13-15-33(16-14-22)25(34)19-7-3-2-4-8-19/h2-12,17-18,22H,13-16H2,1H3,(H2,30,31). The first-order valence-electron chi connectivity index (χ1n) is 11.7. The second-order valence-electron chi connectivity index (χ2n) is 9.12. The largest absolute Gasteiger partial charge is 0.369 e. The summed E-state index contributed by atoms with van der Waals surface area (Å²) in [6.45, 7) is 1.05. The molecule has 0 radical (unpaired) electrons. The average Bonchev–Trinajstić information content (AvgIpc) is 3.13. The molecule has 6 nitrogen and oxygen atoms in total. The third-order valence-electron chi connectivity index (χ3n) is 7.12. The molecule has 0 spiro atoms. The maximum atomic E-state index is 13.9. The number of halogens is 1. The Labute approximate surface area is 203 Å². The van der Waals surface area contributed by atoms with Crippen LogP contribution in [0.15, 0.2) is 83.9 Å². The van der Waals surface area contributed by atoms with Crippen LogP contribution in [0.25, 0.3) is 11.1 Å². The van der Waals surface area contributed by atoms with Crippen LogP contribution in [0.2, 0.25) is 0 Å². The van der Waals surface area contributed by atoms with E-state index in [-0.39, 0.29) is 29.5 Å². The van der Waals surface area contributed by atoms with Gasteiger partial charge < -0.3 is 10.6 Å². The van der Waals surface area contributed by atoms with Gasteiger partial charge in [-0.1, -0.05) is 48.5 Å². The summed E-state index contributed by atoms with van der Waals surface area (Å²) in [4.78, 5) is 34.6. The summed E-state index contributed by atoms with van der Waals surface area (Å²) in [6.07, 6.45) is 1.22. The molecule has 0 aliphatic carbocycles. The maximum absolute atomic E-state index is 13.9. The van der Waals surface area contributed by atoms with Crippen LogP contribution in [0.1, 0.15) is 28.8 Å². The van der Waals surface area contributed by atoms with Crippen LogP contribution < -0.4 is 5.73 Å². The van der Waals surface area contributed by atoms with Crippen molar-refractivity contribution >= 4 is 17.8 Å². The third kappa shape index (κ3) is 3.97. The van der Waals surface area contributed by atoms with Crippen LogP contribution in [-0.2, 0) is 10.3 Å². The number of nitrogens with zero attached hydrogens (tertiary/aromatic N) is 3. The SMILES string of the molecule is CN1C(=O)C(c2cccc(-c3cccc(F)c3)c2)(C2CCN(C(=O)c3ccccc3)CC2)N=C1N. The van der Waals surface area contributed by atoms with Crippen molar-refractivity contribution in [3.05, 3.63) is 95.8 Å². The van der Waals surface area contributed by atoms with Crippen molar-refractivity contribution in [1.82, 2.24) is 9.80 Å². The highest BCUT2D eigenvalue weighted by molar-refractivity contribution is 6.07. The lowest BCUT2D eigenvalue weighted by molar-refractivity contribution is -0.133. The van der Waals surface area contributed by atoms with Crippen LogP contribution in [-0.4, -0.2) is 47.7 Å². The Morgan fingerprint density at radius 2 is 1.63 bits per heavy atom. The summed E-state index contributed by atoms with van der Waals surface area (Å²) in [6, 6.07) is 23.1. The number of likely N-dealkylation sites (N-methyl/N-ethyl adjacent to an activating group) is 1. The van der Waals surface area contributed by atoms with E-state index in [9.17, 15) is 14.0 Å². The van der Waals surface area contributed by atoms with E-state index in [1.54, 1.807) is 13.1 Å². The Bertz CT molecular complexity index is 1300. The summed E-state index contributed by atoms with van der Waals surface area (Å²) >= 11 is 0. The molecule has 0 bridgehead atoms. The minimum absolute atomic E-state index is 0.0101. The first kappa shape index (κ1) is 22.8. The molecule has 2 aliphatic heterocycles. The predicted octanol–water partition coefficient (Wildman–Crippen LogP) is 4.03. The Kier molecular flexibility index (Phi) is 5.84. The quantitative estimate of drug-likeness (QED) is 0.625. The average molecular weight is 471 g/mol. The van der Waals surface area contributed by atoms with Crippen molar-refractivity contribution in [2.45, 2.75) is 18.4 Å². The number of benzene rings is 3. The molecule has 0 saturated carbocycles.